The molecule has 1 heterocycles. The minimum Gasteiger partial charge on any atom is -0.357 e. The van der Waals surface area contributed by atoms with Crippen LogP contribution in [0.3, 0.4) is 0 Å². The fourth-order valence-corrected chi connectivity index (χ4v) is 3.96. The van der Waals surface area contributed by atoms with Gasteiger partial charge in [-0.25, -0.2) is 0 Å². The van der Waals surface area contributed by atoms with Crippen molar-refractivity contribution in [3.05, 3.63) is 0 Å². The van der Waals surface area contributed by atoms with E-state index in [0.717, 1.165) is 50.9 Å². The molecule has 1 atom stereocenters. The van der Waals surface area contributed by atoms with Gasteiger partial charge in [0.15, 0.2) is 5.96 Å². The summed E-state index contributed by atoms with van der Waals surface area (Å²) in [6.07, 6.45) is 10.4. The third kappa shape index (κ3) is 7.94. The van der Waals surface area contributed by atoms with Crippen molar-refractivity contribution >= 4 is 11.9 Å². The van der Waals surface area contributed by atoms with Gasteiger partial charge in [-0.05, 0) is 52.5 Å². The molecule has 1 amide bonds. The van der Waals surface area contributed by atoms with Gasteiger partial charge in [0.1, 0.15) is 0 Å². The minimum absolute atomic E-state index is 0.152. The highest BCUT2D eigenvalue weighted by Gasteiger charge is 2.17. The van der Waals surface area contributed by atoms with E-state index >= 15 is 0 Å². The summed E-state index contributed by atoms with van der Waals surface area (Å²) in [5.74, 6) is 0.979. The van der Waals surface area contributed by atoms with Gasteiger partial charge in [-0.1, -0.05) is 19.3 Å². The molecule has 0 aromatic carbocycles. The Morgan fingerprint density at radius 3 is 2.62 bits per heavy atom. The Labute approximate surface area is 159 Å². The molecule has 2 rings (SSSR count). The third-order valence-electron chi connectivity index (χ3n) is 5.52. The summed E-state index contributed by atoms with van der Waals surface area (Å²) in [6.45, 7) is 9.07. The number of carbonyl (C=O) groups excluding carboxylic acids is 1. The smallest absolute Gasteiger partial charge is 0.221 e. The van der Waals surface area contributed by atoms with Crippen LogP contribution in [0.25, 0.3) is 0 Å². The monoisotopic (exact) mass is 365 g/mol. The molecular weight excluding hydrogens is 326 g/mol. The number of nitrogens with one attached hydrogen (secondary N) is 3. The van der Waals surface area contributed by atoms with E-state index < -0.39 is 0 Å². The molecule has 0 bridgehead atoms. The summed E-state index contributed by atoms with van der Waals surface area (Å²) in [4.78, 5) is 19.2. The Hall–Kier alpha value is -1.30. The highest BCUT2D eigenvalue weighted by atomic mass is 16.1. The Morgan fingerprint density at radius 2 is 1.88 bits per heavy atom. The van der Waals surface area contributed by atoms with E-state index in [1.165, 1.54) is 38.6 Å². The number of likely N-dealkylation sites (tertiary alicyclic amines) is 1. The average molecular weight is 366 g/mol. The molecule has 0 aromatic heterocycles. The predicted molar refractivity (Wildman–Crippen MR) is 109 cm³/mol. The number of nitrogens with zero attached hydrogens (tertiary/aromatic N) is 2. The average Bonchev–Trinajstić information content (AvgIpc) is 3.13. The van der Waals surface area contributed by atoms with Crippen LogP contribution >= 0.6 is 0 Å². The third-order valence-corrected chi connectivity index (χ3v) is 5.52. The lowest BCUT2D eigenvalue weighted by Crippen LogP contribution is -2.41. The summed E-state index contributed by atoms with van der Waals surface area (Å²) in [5, 5.41) is 9.69. The molecule has 1 saturated heterocycles. The van der Waals surface area contributed by atoms with Crippen molar-refractivity contribution in [2.75, 3.05) is 32.7 Å². The molecule has 0 radical (unpaired) electrons. The lowest BCUT2D eigenvalue weighted by atomic mass is 10.0. The molecule has 1 aliphatic carbocycles. The maximum Gasteiger partial charge on any atom is 0.221 e. The zero-order chi connectivity index (χ0) is 18.6. The maximum absolute atomic E-state index is 12.0. The topological polar surface area (TPSA) is 68.8 Å². The summed E-state index contributed by atoms with van der Waals surface area (Å²) >= 11 is 0. The molecule has 26 heavy (non-hydrogen) atoms. The second-order valence-electron chi connectivity index (χ2n) is 7.72. The maximum atomic E-state index is 12.0. The van der Waals surface area contributed by atoms with Crippen molar-refractivity contribution in [2.24, 2.45) is 4.99 Å². The molecule has 2 aliphatic rings. The summed E-state index contributed by atoms with van der Waals surface area (Å²) in [6, 6.07) is 1.12. The number of guanidine groups is 1. The predicted octanol–water partition coefficient (Wildman–Crippen LogP) is 2.25. The van der Waals surface area contributed by atoms with Gasteiger partial charge in [-0.15, -0.1) is 0 Å². The fraction of sp³-hybridized carbons (Fsp3) is 0.900. The molecule has 2 fully saturated rings. The molecule has 0 aromatic rings. The molecule has 3 N–H and O–H groups in total. The van der Waals surface area contributed by atoms with Gasteiger partial charge in [0, 0.05) is 44.7 Å². The van der Waals surface area contributed by atoms with Crippen LogP contribution < -0.4 is 16.0 Å². The molecule has 1 aliphatic heterocycles. The summed E-state index contributed by atoms with van der Waals surface area (Å²) in [7, 11) is 0. The molecule has 150 valence electrons. The number of amides is 1. The zero-order valence-corrected chi connectivity index (χ0v) is 16.9. The van der Waals surface area contributed by atoms with Crippen molar-refractivity contribution in [1.29, 1.82) is 0 Å². The second-order valence-corrected chi connectivity index (χ2v) is 7.72. The van der Waals surface area contributed by atoms with Gasteiger partial charge in [0.2, 0.25) is 5.91 Å². The van der Waals surface area contributed by atoms with Crippen molar-refractivity contribution in [3.63, 3.8) is 0 Å². The van der Waals surface area contributed by atoms with E-state index in [-0.39, 0.29) is 5.91 Å². The molecule has 0 spiro atoms. The van der Waals surface area contributed by atoms with Crippen LogP contribution in [-0.2, 0) is 4.79 Å². The molecule has 6 nitrogen and oxygen atoms in total. The lowest BCUT2D eigenvalue weighted by Gasteiger charge is -2.33. The van der Waals surface area contributed by atoms with Gasteiger partial charge in [0.25, 0.3) is 0 Å². The Balaban J connectivity index is 1.61. The van der Waals surface area contributed by atoms with Crippen LogP contribution in [0.5, 0.6) is 0 Å². The van der Waals surface area contributed by atoms with Crippen LogP contribution in [-0.4, -0.2) is 61.6 Å². The van der Waals surface area contributed by atoms with Crippen molar-refractivity contribution in [1.82, 2.24) is 20.9 Å². The molecule has 1 saturated carbocycles. The quantitative estimate of drug-likeness (QED) is 0.333. The van der Waals surface area contributed by atoms with Crippen molar-refractivity contribution in [2.45, 2.75) is 83.7 Å². The first-order valence-electron chi connectivity index (χ1n) is 10.7. The Bertz CT molecular complexity index is 434. The Morgan fingerprint density at radius 1 is 1.12 bits per heavy atom. The number of hydrogen-bond donors (Lipinski definition) is 3. The number of aliphatic imine (C=N–C) groups is 1. The van der Waals surface area contributed by atoms with Gasteiger partial charge >= 0.3 is 0 Å². The van der Waals surface area contributed by atoms with Crippen molar-refractivity contribution in [3.8, 4) is 0 Å². The summed E-state index contributed by atoms with van der Waals surface area (Å²) < 4.78 is 0. The van der Waals surface area contributed by atoms with E-state index in [2.05, 4.69) is 39.7 Å². The first-order chi connectivity index (χ1) is 12.7. The normalized spacial score (nSPS) is 22.4. The van der Waals surface area contributed by atoms with E-state index in [9.17, 15) is 4.79 Å². The number of hydrogen-bond acceptors (Lipinski definition) is 3. The van der Waals surface area contributed by atoms with E-state index in [1.807, 2.05) is 0 Å². The lowest BCUT2D eigenvalue weighted by molar-refractivity contribution is -0.121. The summed E-state index contributed by atoms with van der Waals surface area (Å²) in [5.41, 5.74) is 0. The van der Waals surface area contributed by atoms with E-state index in [4.69, 9.17) is 0 Å². The largest absolute Gasteiger partial charge is 0.357 e. The molecule has 1 unspecified atom stereocenters. The number of carbonyl (C=O) groups is 1. The van der Waals surface area contributed by atoms with Crippen LogP contribution in [0.15, 0.2) is 4.99 Å². The molecule has 6 heteroatoms. The highest BCUT2D eigenvalue weighted by Crippen LogP contribution is 2.17. The Kier molecular flexibility index (Phi) is 9.82. The zero-order valence-electron chi connectivity index (χ0n) is 16.9. The van der Waals surface area contributed by atoms with Gasteiger partial charge in [-0.2, -0.15) is 0 Å². The van der Waals surface area contributed by atoms with Gasteiger partial charge in [0.05, 0.1) is 0 Å². The van der Waals surface area contributed by atoms with Crippen molar-refractivity contribution < 1.29 is 4.79 Å². The van der Waals surface area contributed by atoms with E-state index in [1.54, 1.807) is 0 Å². The number of rotatable bonds is 9. The van der Waals surface area contributed by atoms with E-state index in [0.29, 0.717) is 19.0 Å². The van der Waals surface area contributed by atoms with Crippen LogP contribution in [0.4, 0.5) is 0 Å². The fourth-order valence-electron chi connectivity index (χ4n) is 3.96. The first-order valence-corrected chi connectivity index (χ1v) is 10.7. The van der Waals surface area contributed by atoms with Crippen LogP contribution in [0.2, 0.25) is 0 Å². The minimum atomic E-state index is 0.152. The van der Waals surface area contributed by atoms with Crippen LogP contribution in [0.1, 0.15) is 71.6 Å². The van der Waals surface area contributed by atoms with Crippen LogP contribution in [0, 0.1) is 0 Å². The SMILES string of the molecule is CCNC(=NCCCN1CCCCC1C)NCCC(=O)NC1CCCC1. The van der Waals surface area contributed by atoms with Gasteiger partial charge in [-0.3, -0.25) is 9.79 Å². The van der Waals surface area contributed by atoms with Gasteiger partial charge < -0.3 is 20.9 Å². The second kappa shape index (κ2) is 12.2. The first kappa shape index (κ1) is 21.0. The highest BCUT2D eigenvalue weighted by molar-refractivity contribution is 5.81. The number of piperidine rings is 1. The molecular formula is C20H39N5O. The standard InChI is InChI=1S/C20H39N5O/c1-3-21-20(22-13-8-16-25-15-7-6-9-17(25)2)23-14-12-19(26)24-18-10-4-5-11-18/h17-18H,3-16H2,1-2H3,(H,24,26)(H2,21,22,23).